The van der Waals surface area contributed by atoms with Gasteiger partial charge in [-0.1, -0.05) is 23.9 Å². The molecule has 0 spiro atoms. The first kappa shape index (κ1) is 10.5. The second kappa shape index (κ2) is 4.68. The monoisotopic (exact) mass is 222 g/mol. The quantitative estimate of drug-likeness (QED) is 0.805. The van der Waals surface area contributed by atoms with Crippen molar-refractivity contribution in [3.63, 3.8) is 0 Å². The van der Waals surface area contributed by atoms with Crippen LogP contribution in [0.1, 0.15) is 6.42 Å². The molecular weight excluding hydrogens is 208 g/mol. The van der Waals surface area contributed by atoms with Gasteiger partial charge in [0.05, 0.1) is 11.0 Å². The summed E-state index contributed by atoms with van der Waals surface area (Å²) in [5, 5.41) is 9.88. The average Bonchev–Trinajstić information content (AvgIpc) is 2.64. The molecule has 15 heavy (non-hydrogen) atoms. The molecule has 0 aliphatic carbocycles. The Labute approximate surface area is 93.1 Å². The Morgan fingerprint density at radius 3 is 2.93 bits per heavy atom. The Morgan fingerprint density at radius 1 is 1.40 bits per heavy atom. The van der Waals surface area contributed by atoms with Gasteiger partial charge in [-0.15, -0.1) is 0 Å². The second-order valence-corrected chi connectivity index (χ2v) is 4.09. The van der Waals surface area contributed by atoms with Gasteiger partial charge in [0.15, 0.2) is 5.16 Å². The zero-order valence-electron chi connectivity index (χ0n) is 8.68. The van der Waals surface area contributed by atoms with Gasteiger partial charge < -0.3 is 9.67 Å². The van der Waals surface area contributed by atoms with E-state index in [4.69, 9.17) is 5.11 Å². The third kappa shape index (κ3) is 2.01. The lowest BCUT2D eigenvalue weighted by Gasteiger charge is -2.05. The molecule has 0 unspecified atom stereocenters. The Hall–Kier alpha value is -1.00. The van der Waals surface area contributed by atoms with Crippen LogP contribution in [0.4, 0.5) is 0 Å². The van der Waals surface area contributed by atoms with E-state index in [-0.39, 0.29) is 6.61 Å². The van der Waals surface area contributed by atoms with Crippen LogP contribution in [0.5, 0.6) is 0 Å². The van der Waals surface area contributed by atoms with Crippen molar-refractivity contribution in [3.05, 3.63) is 24.3 Å². The average molecular weight is 222 g/mol. The van der Waals surface area contributed by atoms with Crippen LogP contribution in [0, 0.1) is 0 Å². The summed E-state index contributed by atoms with van der Waals surface area (Å²) in [5.41, 5.74) is 2.18. The van der Waals surface area contributed by atoms with E-state index < -0.39 is 0 Å². The number of para-hydroxylation sites is 2. The molecule has 1 aromatic carbocycles. The third-order valence-corrected chi connectivity index (χ3v) is 3.02. The summed E-state index contributed by atoms with van der Waals surface area (Å²) in [4.78, 5) is 4.53. The summed E-state index contributed by atoms with van der Waals surface area (Å²) < 4.78 is 2.16. The Bertz CT molecular complexity index is 453. The minimum absolute atomic E-state index is 0.223. The maximum Gasteiger partial charge on any atom is 0.168 e. The molecule has 0 saturated heterocycles. The maximum absolute atomic E-state index is 8.86. The molecule has 0 radical (unpaired) electrons. The number of hydrogen-bond donors (Lipinski definition) is 1. The number of aliphatic hydroxyl groups excluding tert-OH is 1. The molecule has 0 aliphatic heterocycles. The number of hydrogen-bond acceptors (Lipinski definition) is 3. The number of aromatic nitrogens is 2. The molecule has 2 aromatic rings. The van der Waals surface area contributed by atoms with Crippen LogP contribution in [0.2, 0.25) is 0 Å². The minimum atomic E-state index is 0.223. The Kier molecular flexibility index (Phi) is 3.28. The molecular formula is C11H14N2OS. The van der Waals surface area contributed by atoms with Gasteiger partial charge >= 0.3 is 0 Å². The molecule has 0 amide bonds. The fraction of sp³-hybridized carbons (Fsp3) is 0.364. The van der Waals surface area contributed by atoms with Gasteiger partial charge in [-0.05, 0) is 24.8 Å². The topological polar surface area (TPSA) is 38.0 Å². The van der Waals surface area contributed by atoms with Crippen molar-refractivity contribution in [3.8, 4) is 0 Å². The highest BCUT2D eigenvalue weighted by molar-refractivity contribution is 7.98. The Balaban J connectivity index is 2.47. The molecule has 0 fully saturated rings. The third-order valence-electron chi connectivity index (χ3n) is 2.34. The van der Waals surface area contributed by atoms with Gasteiger partial charge in [-0.3, -0.25) is 0 Å². The normalized spacial score (nSPS) is 11.1. The first-order valence-corrected chi connectivity index (χ1v) is 6.19. The molecule has 0 bridgehead atoms. The van der Waals surface area contributed by atoms with Crippen molar-refractivity contribution in [2.24, 2.45) is 0 Å². The van der Waals surface area contributed by atoms with Crippen molar-refractivity contribution >= 4 is 22.8 Å². The number of aliphatic hydroxyl groups is 1. The predicted molar refractivity (Wildman–Crippen MR) is 63.2 cm³/mol. The van der Waals surface area contributed by atoms with E-state index >= 15 is 0 Å². The van der Waals surface area contributed by atoms with Gasteiger partial charge in [0.1, 0.15) is 0 Å². The number of thioether (sulfide) groups is 1. The fourth-order valence-corrected chi connectivity index (χ4v) is 2.25. The van der Waals surface area contributed by atoms with Crippen LogP contribution in [-0.2, 0) is 6.54 Å². The first-order chi connectivity index (χ1) is 7.36. The van der Waals surface area contributed by atoms with Crippen LogP contribution in [0.15, 0.2) is 29.4 Å². The van der Waals surface area contributed by atoms with Crippen molar-refractivity contribution in [2.75, 3.05) is 12.9 Å². The number of aryl methyl sites for hydroxylation is 1. The van der Waals surface area contributed by atoms with Crippen molar-refractivity contribution in [1.82, 2.24) is 9.55 Å². The summed E-state index contributed by atoms with van der Waals surface area (Å²) in [6.07, 6.45) is 2.80. The highest BCUT2D eigenvalue weighted by atomic mass is 32.2. The zero-order valence-corrected chi connectivity index (χ0v) is 9.50. The molecule has 1 aromatic heterocycles. The SMILES string of the molecule is CSc1nc2ccccc2n1CCCO. The number of imidazole rings is 1. The predicted octanol–water partition coefficient (Wildman–Crippen LogP) is 2.14. The molecule has 1 N–H and O–H groups in total. The lowest BCUT2D eigenvalue weighted by Crippen LogP contribution is -2.01. The molecule has 3 nitrogen and oxygen atoms in total. The molecule has 4 heteroatoms. The number of nitrogens with zero attached hydrogens (tertiary/aromatic N) is 2. The van der Waals surface area contributed by atoms with E-state index in [2.05, 4.69) is 15.6 Å². The highest BCUT2D eigenvalue weighted by Gasteiger charge is 2.08. The van der Waals surface area contributed by atoms with Crippen LogP contribution in [-0.4, -0.2) is 27.5 Å². The first-order valence-electron chi connectivity index (χ1n) is 4.97. The van der Waals surface area contributed by atoms with Crippen molar-refractivity contribution in [1.29, 1.82) is 0 Å². The lowest BCUT2D eigenvalue weighted by molar-refractivity contribution is 0.279. The van der Waals surface area contributed by atoms with E-state index in [1.54, 1.807) is 11.8 Å². The summed E-state index contributed by atoms with van der Waals surface area (Å²) in [5.74, 6) is 0. The molecule has 80 valence electrons. The van der Waals surface area contributed by atoms with Gasteiger partial charge in [0, 0.05) is 13.2 Å². The minimum Gasteiger partial charge on any atom is -0.396 e. The van der Waals surface area contributed by atoms with E-state index in [1.807, 2.05) is 24.5 Å². The summed E-state index contributed by atoms with van der Waals surface area (Å²) in [7, 11) is 0. The molecule has 2 rings (SSSR count). The standard InChI is InChI=1S/C11H14N2OS/c1-15-11-12-9-5-2-3-6-10(9)13(11)7-4-8-14/h2-3,5-6,14H,4,7-8H2,1H3. The summed E-state index contributed by atoms with van der Waals surface area (Å²) in [6.45, 7) is 1.05. The second-order valence-electron chi connectivity index (χ2n) is 3.32. The number of benzene rings is 1. The van der Waals surface area contributed by atoms with Crippen LogP contribution < -0.4 is 0 Å². The van der Waals surface area contributed by atoms with Gasteiger partial charge in [-0.25, -0.2) is 4.98 Å². The smallest absolute Gasteiger partial charge is 0.168 e. The van der Waals surface area contributed by atoms with Gasteiger partial charge in [0.2, 0.25) is 0 Å². The van der Waals surface area contributed by atoms with Crippen molar-refractivity contribution < 1.29 is 5.11 Å². The van der Waals surface area contributed by atoms with Crippen LogP contribution >= 0.6 is 11.8 Å². The maximum atomic E-state index is 8.86. The van der Waals surface area contributed by atoms with Crippen LogP contribution in [0.3, 0.4) is 0 Å². The van der Waals surface area contributed by atoms with Gasteiger partial charge in [0.25, 0.3) is 0 Å². The van der Waals surface area contributed by atoms with Crippen molar-refractivity contribution in [2.45, 2.75) is 18.1 Å². The van der Waals surface area contributed by atoms with Crippen LogP contribution in [0.25, 0.3) is 11.0 Å². The number of rotatable bonds is 4. The molecule has 0 aliphatic rings. The fourth-order valence-electron chi connectivity index (χ4n) is 1.65. The lowest BCUT2D eigenvalue weighted by atomic mass is 10.3. The molecule has 0 atom stereocenters. The highest BCUT2D eigenvalue weighted by Crippen LogP contribution is 2.22. The Morgan fingerprint density at radius 2 is 2.20 bits per heavy atom. The van der Waals surface area contributed by atoms with E-state index in [0.29, 0.717) is 0 Å². The molecule has 1 heterocycles. The van der Waals surface area contributed by atoms with Gasteiger partial charge in [-0.2, -0.15) is 0 Å². The van der Waals surface area contributed by atoms with E-state index in [9.17, 15) is 0 Å². The zero-order chi connectivity index (χ0) is 10.7. The molecule has 0 saturated carbocycles. The summed E-state index contributed by atoms with van der Waals surface area (Å²) >= 11 is 1.64. The largest absolute Gasteiger partial charge is 0.396 e. The van der Waals surface area contributed by atoms with E-state index in [1.165, 1.54) is 0 Å². The number of fused-ring (bicyclic) bond motifs is 1. The summed E-state index contributed by atoms with van der Waals surface area (Å²) in [6, 6.07) is 8.10. The van der Waals surface area contributed by atoms with E-state index in [0.717, 1.165) is 29.2 Å².